The second kappa shape index (κ2) is 7.96. The van der Waals surface area contributed by atoms with E-state index in [4.69, 9.17) is 27.9 Å². The Labute approximate surface area is 154 Å². The van der Waals surface area contributed by atoms with Gasteiger partial charge in [0.1, 0.15) is 5.75 Å². The summed E-state index contributed by atoms with van der Waals surface area (Å²) in [6, 6.07) is 14.3. The minimum atomic E-state index is -0.398. The van der Waals surface area contributed by atoms with Crippen molar-refractivity contribution in [3.05, 3.63) is 70.3 Å². The predicted molar refractivity (Wildman–Crippen MR) is 99.4 cm³/mol. The van der Waals surface area contributed by atoms with Crippen LogP contribution >= 0.6 is 23.2 Å². The standard InChI is InChI=1S/C18H13Cl2N3O2/c19-14-4-6-17(15(20)9-14)25-11-18(24)23-22-10-12-3-5-16-13(8-12)2-1-7-21-16/h1-10H,11H2,(H,23,24). The van der Waals surface area contributed by atoms with Crippen LogP contribution in [0.25, 0.3) is 10.9 Å². The third kappa shape index (κ3) is 4.68. The molecule has 0 radical (unpaired) electrons. The van der Waals surface area contributed by atoms with E-state index in [0.717, 1.165) is 16.5 Å². The smallest absolute Gasteiger partial charge is 0.277 e. The Balaban J connectivity index is 1.54. The molecule has 5 nitrogen and oxygen atoms in total. The first kappa shape index (κ1) is 17.2. The van der Waals surface area contributed by atoms with Crippen molar-refractivity contribution in [2.75, 3.05) is 6.61 Å². The third-order valence-corrected chi connectivity index (χ3v) is 3.81. The van der Waals surface area contributed by atoms with Gasteiger partial charge in [-0.25, -0.2) is 5.43 Å². The molecule has 0 atom stereocenters. The molecular weight excluding hydrogens is 361 g/mol. The Hall–Kier alpha value is -2.63. The zero-order valence-corrected chi connectivity index (χ0v) is 14.5. The molecule has 7 heteroatoms. The quantitative estimate of drug-likeness (QED) is 0.541. The Morgan fingerprint density at radius 1 is 1.20 bits per heavy atom. The molecular formula is C18H13Cl2N3O2. The molecule has 1 amide bonds. The van der Waals surface area contributed by atoms with Crippen LogP contribution in [-0.2, 0) is 4.79 Å². The number of ether oxygens (including phenoxy) is 1. The Bertz CT molecular complexity index is 945. The van der Waals surface area contributed by atoms with E-state index in [9.17, 15) is 4.79 Å². The molecule has 0 saturated heterocycles. The van der Waals surface area contributed by atoms with Crippen LogP contribution in [0.3, 0.4) is 0 Å². The van der Waals surface area contributed by atoms with Gasteiger partial charge in [0.2, 0.25) is 0 Å². The van der Waals surface area contributed by atoms with Crippen molar-refractivity contribution in [1.82, 2.24) is 10.4 Å². The number of carbonyl (C=O) groups excluding carboxylic acids is 1. The van der Waals surface area contributed by atoms with Crippen molar-refractivity contribution in [3.63, 3.8) is 0 Å². The second-order valence-corrected chi connectivity index (χ2v) is 5.96. The van der Waals surface area contributed by atoms with E-state index in [1.807, 2.05) is 30.3 Å². The number of fused-ring (bicyclic) bond motifs is 1. The summed E-state index contributed by atoms with van der Waals surface area (Å²) in [6.07, 6.45) is 3.29. The molecule has 0 saturated carbocycles. The predicted octanol–water partition coefficient (Wildman–Crippen LogP) is 4.07. The van der Waals surface area contributed by atoms with Crippen LogP contribution in [0, 0.1) is 0 Å². The summed E-state index contributed by atoms with van der Waals surface area (Å²) in [6.45, 7) is -0.208. The van der Waals surface area contributed by atoms with E-state index >= 15 is 0 Å². The molecule has 1 heterocycles. The van der Waals surface area contributed by atoms with Crippen molar-refractivity contribution >= 4 is 46.2 Å². The van der Waals surface area contributed by atoms with Gasteiger partial charge in [-0.3, -0.25) is 9.78 Å². The maximum atomic E-state index is 11.8. The molecule has 3 rings (SSSR count). The molecule has 1 N–H and O–H groups in total. The first-order chi connectivity index (χ1) is 12.1. The van der Waals surface area contributed by atoms with Crippen molar-refractivity contribution < 1.29 is 9.53 Å². The van der Waals surface area contributed by atoms with E-state index in [1.54, 1.807) is 30.6 Å². The lowest BCUT2D eigenvalue weighted by Gasteiger charge is -2.07. The van der Waals surface area contributed by atoms with Gasteiger partial charge < -0.3 is 4.74 Å². The fourth-order valence-corrected chi connectivity index (χ4v) is 2.58. The maximum Gasteiger partial charge on any atom is 0.277 e. The average Bonchev–Trinajstić information content (AvgIpc) is 2.61. The summed E-state index contributed by atoms with van der Waals surface area (Å²) in [4.78, 5) is 16.0. The van der Waals surface area contributed by atoms with Gasteiger partial charge in [-0.2, -0.15) is 5.10 Å². The van der Waals surface area contributed by atoms with Crippen molar-refractivity contribution in [3.8, 4) is 5.75 Å². The van der Waals surface area contributed by atoms with E-state index < -0.39 is 5.91 Å². The van der Waals surface area contributed by atoms with Crippen LogP contribution in [0.15, 0.2) is 59.8 Å². The van der Waals surface area contributed by atoms with Gasteiger partial charge in [0.25, 0.3) is 5.91 Å². The highest BCUT2D eigenvalue weighted by Crippen LogP contribution is 2.27. The first-order valence-electron chi connectivity index (χ1n) is 7.36. The number of carbonyl (C=O) groups is 1. The number of halogens is 2. The number of nitrogens with zero attached hydrogens (tertiary/aromatic N) is 2. The molecule has 2 aromatic carbocycles. The number of hydrogen-bond acceptors (Lipinski definition) is 4. The topological polar surface area (TPSA) is 63.6 Å². The van der Waals surface area contributed by atoms with Crippen LogP contribution in [0.1, 0.15) is 5.56 Å². The highest BCUT2D eigenvalue weighted by molar-refractivity contribution is 6.35. The minimum Gasteiger partial charge on any atom is -0.482 e. The van der Waals surface area contributed by atoms with Gasteiger partial charge in [0.15, 0.2) is 6.61 Å². The summed E-state index contributed by atoms with van der Waals surface area (Å²) in [5, 5.41) is 5.76. The van der Waals surface area contributed by atoms with Gasteiger partial charge in [-0.05, 0) is 42.0 Å². The molecule has 0 aliphatic heterocycles. The number of hydrazone groups is 1. The number of benzene rings is 2. The molecule has 126 valence electrons. The number of rotatable bonds is 5. The molecule has 0 spiro atoms. The highest BCUT2D eigenvalue weighted by atomic mass is 35.5. The lowest BCUT2D eigenvalue weighted by atomic mass is 10.1. The van der Waals surface area contributed by atoms with Crippen LogP contribution in [0.2, 0.25) is 10.0 Å². The lowest BCUT2D eigenvalue weighted by molar-refractivity contribution is -0.123. The van der Waals surface area contributed by atoms with Crippen molar-refractivity contribution in [2.45, 2.75) is 0 Å². The second-order valence-electron chi connectivity index (χ2n) is 5.11. The zero-order chi connectivity index (χ0) is 17.6. The summed E-state index contributed by atoms with van der Waals surface area (Å²) >= 11 is 11.8. The number of hydrogen-bond donors (Lipinski definition) is 1. The fraction of sp³-hybridized carbons (Fsp3) is 0.0556. The van der Waals surface area contributed by atoms with Gasteiger partial charge >= 0.3 is 0 Å². The van der Waals surface area contributed by atoms with Crippen LogP contribution in [0.5, 0.6) is 5.75 Å². The maximum absolute atomic E-state index is 11.8. The van der Waals surface area contributed by atoms with Crippen LogP contribution in [0.4, 0.5) is 0 Å². The monoisotopic (exact) mass is 373 g/mol. The van der Waals surface area contributed by atoms with Crippen LogP contribution in [-0.4, -0.2) is 23.7 Å². The van der Waals surface area contributed by atoms with Gasteiger partial charge in [0, 0.05) is 16.6 Å². The average molecular weight is 374 g/mol. The summed E-state index contributed by atoms with van der Waals surface area (Å²) in [5.41, 5.74) is 4.15. The largest absolute Gasteiger partial charge is 0.482 e. The summed E-state index contributed by atoms with van der Waals surface area (Å²) in [5.74, 6) is -0.0167. The molecule has 3 aromatic rings. The molecule has 1 aromatic heterocycles. The molecule has 0 unspecified atom stereocenters. The van der Waals surface area contributed by atoms with Gasteiger partial charge in [0.05, 0.1) is 16.8 Å². The fourth-order valence-electron chi connectivity index (χ4n) is 2.12. The Kier molecular flexibility index (Phi) is 5.48. The van der Waals surface area contributed by atoms with Crippen molar-refractivity contribution in [2.24, 2.45) is 5.10 Å². The van der Waals surface area contributed by atoms with Crippen molar-refractivity contribution in [1.29, 1.82) is 0 Å². The molecule has 0 aliphatic rings. The van der Waals surface area contributed by atoms with Crippen LogP contribution < -0.4 is 10.2 Å². The van der Waals surface area contributed by atoms with E-state index in [0.29, 0.717) is 15.8 Å². The van der Waals surface area contributed by atoms with Gasteiger partial charge in [-0.1, -0.05) is 35.3 Å². The Morgan fingerprint density at radius 3 is 2.92 bits per heavy atom. The zero-order valence-electron chi connectivity index (χ0n) is 12.9. The third-order valence-electron chi connectivity index (χ3n) is 3.28. The van der Waals surface area contributed by atoms with Gasteiger partial charge in [-0.15, -0.1) is 0 Å². The summed E-state index contributed by atoms with van der Waals surface area (Å²) < 4.78 is 5.33. The number of pyridine rings is 1. The molecule has 0 aliphatic carbocycles. The number of nitrogens with one attached hydrogen (secondary N) is 1. The number of amides is 1. The van der Waals surface area contributed by atoms with E-state index in [-0.39, 0.29) is 6.61 Å². The number of aromatic nitrogens is 1. The molecule has 0 bridgehead atoms. The van der Waals surface area contributed by atoms with E-state index in [2.05, 4.69) is 15.5 Å². The highest BCUT2D eigenvalue weighted by Gasteiger charge is 2.05. The normalized spacial score (nSPS) is 11.0. The lowest BCUT2D eigenvalue weighted by Crippen LogP contribution is -2.24. The SMILES string of the molecule is O=C(COc1ccc(Cl)cc1Cl)NN=Cc1ccc2ncccc2c1. The summed E-state index contributed by atoms with van der Waals surface area (Å²) in [7, 11) is 0. The first-order valence-corrected chi connectivity index (χ1v) is 8.12. The molecule has 0 fully saturated rings. The Morgan fingerprint density at radius 2 is 2.08 bits per heavy atom. The minimum absolute atomic E-state index is 0.208. The molecule has 25 heavy (non-hydrogen) atoms. The van der Waals surface area contributed by atoms with E-state index in [1.165, 1.54) is 0 Å².